The molecule has 27 heavy (non-hydrogen) atoms. The Hall–Kier alpha value is -2.83. The molecule has 2 aliphatic heterocycles. The second-order valence-corrected chi connectivity index (χ2v) is 7.43. The van der Waals surface area contributed by atoms with Gasteiger partial charge in [-0.15, -0.1) is 0 Å². The monoisotopic (exact) mass is 370 g/mol. The van der Waals surface area contributed by atoms with Gasteiger partial charge in [0.15, 0.2) is 0 Å². The smallest absolute Gasteiger partial charge is 0.407 e. The minimum absolute atomic E-state index is 0.0307. The summed E-state index contributed by atoms with van der Waals surface area (Å²) in [6.07, 6.45) is 1.90. The zero-order chi connectivity index (χ0) is 19.0. The van der Waals surface area contributed by atoms with Crippen LogP contribution in [-0.2, 0) is 16.0 Å². The lowest BCUT2D eigenvalue weighted by atomic mass is 9.95. The number of ether oxygens (including phenoxy) is 1. The maximum atomic E-state index is 12.9. The van der Waals surface area contributed by atoms with Crippen LogP contribution in [0.4, 0.5) is 4.79 Å². The summed E-state index contributed by atoms with van der Waals surface area (Å²) in [5, 5.41) is 3.50. The third kappa shape index (κ3) is 3.54. The summed E-state index contributed by atoms with van der Waals surface area (Å²) in [6.45, 7) is 3.58. The summed E-state index contributed by atoms with van der Waals surface area (Å²) in [4.78, 5) is 38.0. The Morgan fingerprint density at radius 3 is 2.85 bits per heavy atom. The van der Waals surface area contributed by atoms with Gasteiger partial charge in [0.05, 0.1) is 13.0 Å². The fourth-order valence-corrected chi connectivity index (χ4v) is 3.96. The largest absolute Gasteiger partial charge is 0.441 e. The van der Waals surface area contributed by atoms with Crippen molar-refractivity contribution in [3.05, 3.63) is 45.8 Å². The van der Waals surface area contributed by atoms with E-state index in [-0.39, 0.29) is 18.4 Å². The number of likely N-dealkylation sites (tertiary alicyclic amines) is 1. The molecule has 1 aromatic heterocycles. The molecule has 0 bridgehead atoms. The number of fused-ring (bicyclic) bond motifs is 1. The standard InChI is InChI=1S/C20H22N2O5/c1-13-3-4-15-14(11-18(24)26-16(15)9-13)10-17(23)22-7-2-5-20(6-8-22)12-21-19(25)27-20/h3-4,9,11H,2,5-8,10,12H2,1H3,(H,21,25). The van der Waals surface area contributed by atoms with E-state index in [0.717, 1.165) is 23.8 Å². The normalized spacial score (nSPS) is 22.6. The van der Waals surface area contributed by atoms with Gasteiger partial charge in [-0.2, -0.15) is 0 Å². The van der Waals surface area contributed by atoms with Crippen molar-refractivity contribution in [1.29, 1.82) is 0 Å². The van der Waals surface area contributed by atoms with E-state index in [4.69, 9.17) is 9.15 Å². The summed E-state index contributed by atoms with van der Waals surface area (Å²) in [7, 11) is 0. The first-order valence-corrected chi connectivity index (χ1v) is 9.22. The number of nitrogens with zero attached hydrogens (tertiary/aromatic N) is 1. The molecule has 7 nitrogen and oxygen atoms in total. The van der Waals surface area contributed by atoms with Gasteiger partial charge in [-0.3, -0.25) is 4.79 Å². The van der Waals surface area contributed by atoms with Crippen molar-refractivity contribution in [3.63, 3.8) is 0 Å². The fraction of sp³-hybridized carbons (Fsp3) is 0.450. The molecule has 2 aromatic rings. The Kier molecular flexibility index (Phi) is 4.37. The molecule has 1 atom stereocenters. The van der Waals surface area contributed by atoms with Gasteiger partial charge in [0.2, 0.25) is 5.91 Å². The lowest BCUT2D eigenvalue weighted by molar-refractivity contribution is -0.130. The van der Waals surface area contributed by atoms with Crippen LogP contribution in [0.1, 0.15) is 30.4 Å². The average molecular weight is 370 g/mol. The molecule has 1 unspecified atom stereocenters. The summed E-state index contributed by atoms with van der Waals surface area (Å²) in [5.74, 6) is -0.0307. The van der Waals surface area contributed by atoms with Gasteiger partial charge in [0.1, 0.15) is 11.2 Å². The van der Waals surface area contributed by atoms with E-state index < -0.39 is 11.2 Å². The number of aryl methyl sites for hydroxylation is 1. The number of benzene rings is 1. The summed E-state index contributed by atoms with van der Waals surface area (Å²) in [5.41, 5.74) is 1.23. The molecule has 0 radical (unpaired) electrons. The number of nitrogens with one attached hydrogen (secondary N) is 1. The number of hydrogen-bond donors (Lipinski definition) is 1. The number of amides is 2. The Bertz CT molecular complexity index is 966. The predicted molar refractivity (Wildman–Crippen MR) is 98.6 cm³/mol. The van der Waals surface area contributed by atoms with Crippen LogP contribution < -0.4 is 10.9 Å². The molecule has 1 spiro atoms. The van der Waals surface area contributed by atoms with Crippen molar-refractivity contribution in [2.24, 2.45) is 0 Å². The molecular weight excluding hydrogens is 348 g/mol. The molecule has 2 amide bonds. The van der Waals surface area contributed by atoms with Crippen LogP contribution in [0.5, 0.6) is 0 Å². The van der Waals surface area contributed by atoms with Gasteiger partial charge in [-0.1, -0.05) is 12.1 Å². The maximum Gasteiger partial charge on any atom is 0.407 e. The molecule has 2 fully saturated rings. The molecule has 1 N–H and O–H groups in total. The SMILES string of the molecule is Cc1ccc2c(CC(=O)N3CCCC4(CC3)CNC(=O)O4)cc(=O)oc2c1. The Morgan fingerprint density at radius 1 is 1.22 bits per heavy atom. The minimum Gasteiger partial charge on any atom is -0.441 e. The van der Waals surface area contributed by atoms with E-state index in [1.54, 1.807) is 4.90 Å². The highest BCUT2D eigenvalue weighted by molar-refractivity contribution is 5.87. The lowest BCUT2D eigenvalue weighted by Crippen LogP contribution is -2.37. The van der Waals surface area contributed by atoms with Crippen molar-refractivity contribution >= 4 is 23.0 Å². The number of hydrogen-bond acceptors (Lipinski definition) is 5. The molecule has 3 heterocycles. The van der Waals surface area contributed by atoms with Gasteiger partial charge >= 0.3 is 11.7 Å². The zero-order valence-corrected chi connectivity index (χ0v) is 15.2. The Morgan fingerprint density at radius 2 is 2.07 bits per heavy atom. The Labute approximate surface area is 156 Å². The van der Waals surface area contributed by atoms with Gasteiger partial charge in [0, 0.05) is 31.0 Å². The van der Waals surface area contributed by atoms with E-state index in [1.807, 2.05) is 25.1 Å². The van der Waals surface area contributed by atoms with E-state index in [0.29, 0.717) is 37.2 Å². The van der Waals surface area contributed by atoms with Crippen molar-refractivity contribution in [3.8, 4) is 0 Å². The highest BCUT2D eigenvalue weighted by atomic mass is 16.6. The fourth-order valence-electron chi connectivity index (χ4n) is 3.96. The van der Waals surface area contributed by atoms with Crippen molar-refractivity contribution in [2.75, 3.05) is 19.6 Å². The van der Waals surface area contributed by atoms with Gasteiger partial charge in [-0.25, -0.2) is 9.59 Å². The third-order valence-corrected chi connectivity index (χ3v) is 5.44. The van der Waals surface area contributed by atoms with Crippen LogP contribution in [0, 0.1) is 6.92 Å². The highest BCUT2D eigenvalue weighted by Gasteiger charge is 2.41. The van der Waals surface area contributed by atoms with Crippen molar-refractivity contribution < 1.29 is 18.7 Å². The molecule has 2 aliphatic rings. The first-order chi connectivity index (χ1) is 12.9. The molecule has 4 rings (SSSR count). The molecule has 2 saturated heterocycles. The second kappa shape index (κ2) is 6.72. The number of alkyl carbamates (subject to hydrolysis) is 1. The Balaban J connectivity index is 1.52. The molecule has 142 valence electrons. The summed E-state index contributed by atoms with van der Waals surface area (Å²) in [6, 6.07) is 7.03. The van der Waals surface area contributed by atoms with E-state index in [1.165, 1.54) is 6.07 Å². The van der Waals surface area contributed by atoms with Crippen molar-refractivity contribution in [1.82, 2.24) is 10.2 Å². The molecular formula is C20H22N2O5. The third-order valence-electron chi connectivity index (χ3n) is 5.44. The van der Waals surface area contributed by atoms with Gasteiger partial charge < -0.3 is 19.4 Å². The highest BCUT2D eigenvalue weighted by Crippen LogP contribution is 2.29. The average Bonchev–Trinajstić information content (AvgIpc) is 2.84. The molecule has 1 aromatic carbocycles. The number of carbonyl (C=O) groups excluding carboxylic acids is 2. The van der Waals surface area contributed by atoms with Gasteiger partial charge in [0.25, 0.3) is 0 Å². The van der Waals surface area contributed by atoms with Crippen molar-refractivity contribution in [2.45, 2.75) is 38.2 Å². The quantitative estimate of drug-likeness (QED) is 0.818. The minimum atomic E-state index is -0.496. The first-order valence-electron chi connectivity index (χ1n) is 9.22. The summed E-state index contributed by atoms with van der Waals surface area (Å²) < 4.78 is 10.7. The zero-order valence-electron chi connectivity index (χ0n) is 15.2. The van der Waals surface area contributed by atoms with Crippen LogP contribution in [-0.4, -0.2) is 42.1 Å². The topological polar surface area (TPSA) is 88.9 Å². The van der Waals surface area contributed by atoms with Crippen LogP contribution in [0.15, 0.2) is 33.5 Å². The van der Waals surface area contributed by atoms with E-state index >= 15 is 0 Å². The molecule has 0 saturated carbocycles. The van der Waals surface area contributed by atoms with Crippen LogP contribution in [0.2, 0.25) is 0 Å². The van der Waals surface area contributed by atoms with E-state index in [2.05, 4.69) is 5.32 Å². The predicted octanol–water partition coefficient (Wildman–Crippen LogP) is 2.14. The van der Waals surface area contributed by atoms with Crippen LogP contribution in [0.25, 0.3) is 11.0 Å². The van der Waals surface area contributed by atoms with Gasteiger partial charge in [-0.05, 0) is 37.0 Å². The molecule has 7 heteroatoms. The number of rotatable bonds is 2. The second-order valence-electron chi connectivity index (χ2n) is 7.43. The maximum absolute atomic E-state index is 12.9. The van der Waals surface area contributed by atoms with E-state index in [9.17, 15) is 14.4 Å². The first kappa shape index (κ1) is 17.6. The molecule has 0 aliphatic carbocycles. The van der Waals surface area contributed by atoms with Crippen LogP contribution >= 0.6 is 0 Å². The van der Waals surface area contributed by atoms with Crippen LogP contribution in [0.3, 0.4) is 0 Å². The lowest BCUT2D eigenvalue weighted by Gasteiger charge is -2.25. The number of carbonyl (C=O) groups is 2. The summed E-state index contributed by atoms with van der Waals surface area (Å²) >= 11 is 0.